The van der Waals surface area contributed by atoms with Gasteiger partial charge in [-0.15, -0.1) is 0 Å². The van der Waals surface area contributed by atoms with Crippen LogP contribution in [0.15, 0.2) is 73.4 Å². The maximum Gasteiger partial charge on any atom is 0.257 e. The lowest BCUT2D eigenvalue weighted by atomic mass is 10.1. The second-order valence-corrected chi connectivity index (χ2v) is 6.08. The maximum atomic E-state index is 12.4. The molecule has 6 nitrogen and oxygen atoms in total. The van der Waals surface area contributed by atoms with Crippen LogP contribution in [0.5, 0.6) is 0 Å². The summed E-state index contributed by atoms with van der Waals surface area (Å²) in [5, 5.41) is 3.56. The monoisotopic (exact) mass is 347 g/mol. The number of amides is 1. The zero-order chi connectivity index (χ0) is 17.1. The number of nitrogens with one attached hydrogen (secondary N) is 1. The standard InChI is InChI=1S/C18H13N5OS/c24-18(14-6-7-16(20-11-14)23-9-8-19-12-23)21-17-10-15(22-25-17)13-4-2-1-3-5-13/h1-12H,(H,21,24). The first-order chi connectivity index (χ1) is 12.3. The number of aromatic nitrogens is 4. The predicted molar refractivity (Wildman–Crippen MR) is 96.9 cm³/mol. The summed E-state index contributed by atoms with van der Waals surface area (Å²) in [6, 6.07) is 15.2. The SMILES string of the molecule is O=C(Nc1cc(-c2ccccc2)ns1)c1ccc(-n2ccnc2)nc1. The third-order valence-corrected chi connectivity index (χ3v) is 4.30. The van der Waals surface area contributed by atoms with Crippen LogP contribution in [-0.2, 0) is 0 Å². The Kier molecular flexibility index (Phi) is 4.05. The van der Waals surface area contributed by atoms with Crippen molar-refractivity contribution >= 4 is 22.4 Å². The number of hydrogen-bond acceptors (Lipinski definition) is 5. The summed E-state index contributed by atoms with van der Waals surface area (Å²) in [7, 11) is 0. The molecule has 1 aromatic carbocycles. The van der Waals surface area contributed by atoms with E-state index in [-0.39, 0.29) is 5.91 Å². The van der Waals surface area contributed by atoms with Crippen LogP contribution in [0.1, 0.15) is 10.4 Å². The average Bonchev–Trinajstić information content (AvgIpc) is 3.35. The van der Waals surface area contributed by atoms with Gasteiger partial charge in [-0.25, -0.2) is 9.97 Å². The summed E-state index contributed by atoms with van der Waals surface area (Å²) in [6.45, 7) is 0. The van der Waals surface area contributed by atoms with Crippen LogP contribution in [0.4, 0.5) is 5.00 Å². The Morgan fingerprint density at radius 2 is 2.00 bits per heavy atom. The Morgan fingerprint density at radius 3 is 2.72 bits per heavy atom. The lowest BCUT2D eigenvalue weighted by Crippen LogP contribution is -2.11. The number of rotatable bonds is 4. The van der Waals surface area contributed by atoms with Crippen LogP contribution in [0.3, 0.4) is 0 Å². The summed E-state index contributed by atoms with van der Waals surface area (Å²) in [6.07, 6.45) is 6.68. The van der Waals surface area contributed by atoms with Crippen molar-refractivity contribution in [2.24, 2.45) is 0 Å². The number of hydrogen-bond donors (Lipinski definition) is 1. The molecule has 0 saturated heterocycles. The Hall–Kier alpha value is -3.32. The quantitative estimate of drug-likeness (QED) is 0.612. The first kappa shape index (κ1) is 15.2. The third-order valence-electron chi connectivity index (χ3n) is 3.60. The third kappa shape index (κ3) is 3.31. The summed E-state index contributed by atoms with van der Waals surface area (Å²) >= 11 is 1.25. The molecule has 4 rings (SSSR count). The van der Waals surface area contributed by atoms with Gasteiger partial charge in [0.1, 0.15) is 17.1 Å². The Bertz CT molecular complexity index is 978. The molecule has 0 unspecified atom stereocenters. The smallest absolute Gasteiger partial charge is 0.257 e. The van der Waals surface area contributed by atoms with E-state index >= 15 is 0 Å². The molecular formula is C18H13N5OS. The number of anilines is 1. The molecule has 0 aliphatic rings. The highest BCUT2D eigenvalue weighted by Crippen LogP contribution is 2.25. The largest absolute Gasteiger partial charge is 0.312 e. The molecule has 0 spiro atoms. The number of nitrogens with zero attached hydrogens (tertiary/aromatic N) is 4. The Morgan fingerprint density at radius 1 is 1.12 bits per heavy atom. The van der Waals surface area contributed by atoms with Gasteiger partial charge >= 0.3 is 0 Å². The maximum absolute atomic E-state index is 12.4. The summed E-state index contributed by atoms with van der Waals surface area (Å²) in [5.74, 6) is 0.492. The molecule has 0 radical (unpaired) electrons. The Balaban J connectivity index is 1.48. The normalized spacial score (nSPS) is 10.6. The first-order valence-electron chi connectivity index (χ1n) is 7.57. The fourth-order valence-electron chi connectivity index (χ4n) is 2.33. The van der Waals surface area contributed by atoms with Crippen molar-refractivity contribution in [3.8, 4) is 17.1 Å². The van der Waals surface area contributed by atoms with E-state index in [1.54, 1.807) is 41.6 Å². The minimum atomic E-state index is -0.215. The zero-order valence-corrected chi connectivity index (χ0v) is 13.9. The molecule has 3 heterocycles. The van der Waals surface area contributed by atoms with Gasteiger partial charge in [-0.1, -0.05) is 30.3 Å². The highest BCUT2D eigenvalue weighted by atomic mass is 32.1. The molecule has 0 bridgehead atoms. The van der Waals surface area contributed by atoms with Crippen LogP contribution < -0.4 is 5.32 Å². The summed E-state index contributed by atoms with van der Waals surface area (Å²) in [4.78, 5) is 20.6. The van der Waals surface area contributed by atoms with E-state index < -0.39 is 0 Å². The molecule has 3 aromatic heterocycles. The highest BCUT2D eigenvalue weighted by molar-refractivity contribution is 7.10. The topological polar surface area (TPSA) is 72.7 Å². The van der Waals surface area contributed by atoms with Crippen LogP contribution >= 0.6 is 11.5 Å². The van der Waals surface area contributed by atoms with E-state index in [2.05, 4.69) is 19.7 Å². The Labute approximate surface area is 148 Å². The first-order valence-corrected chi connectivity index (χ1v) is 8.35. The van der Waals surface area contributed by atoms with Gasteiger partial charge in [-0.3, -0.25) is 9.36 Å². The minimum Gasteiger partial charge on any atom is -0.312 e. The van der Waals surface area contributed by atoms with Gasteiger partial charge in [-0.05, 0) is 23.7 Å². The fraction of sp³-hybridized carbons (Fsp3) is 0. The number of carbonyl (C=O) groups is 1. The second kappa shape index (κ2) is 6.66. The molecule has 7 heteroatoms. The number of benzene rings is 1. The predicted octanol–water partition coefficient (Wildman–Crippen LogP) is 3.64. The van der Waals surface area contributed by atoms with Gasteiger partial charge in [0, 0.05) is 30.2 Å². The second-order valence-electron chi connectivity index (χ2n) is 5.27. The minimum absolute atomic E-state index is 0.215. The van der Waals surface area contributed by atoms with Gasteiger partial charge < -0.3 is 5.32 Å². The molecule has 4 aromatic rings. The van der Waals surface area contributed by atoms with Crippen LogP contribution in [0.2, 0.25) is 0 Å². The molecular weight excluding hydrogens is 334 g/mol. The van der Waals surface area contributed by atoms with Crippen molar-refractivity contribution in [1.82, 2.24) is 18.9 Å². The van der Waals surface area contributed by atoms with E-state index in [0.717, 1.165) is 11.3 Å². The van der Waals surface area contributed by atoms with E-state index in [9.17, 15) is 4.79 Å². The van der Waals surface area contributed by atoms with Crippen molar-refractivity contribution in [2.75, 3.05) is 5.32 Å². The van der Waals surface area contributed by atoms with Crippen molar-refractivity contribution in [3.63, 3.8) is 0 Å². The van der Waals surface area contributed by atoms with E-state index in [1.807, 2.05) is 36.4 Å². The molecule has 1 N–H and O–H groups in total. The zero-order valence-electron chi connectivity index (χ0n) is 13.0. The molecule has 0 saturated carbocycles. The van der Waals surface area contributed by atoms with Gasteiger partial charge in [-0.2, -0.15) is 4.37 Å². The molecule has 0 aliphatic heterocycles. The summed E-state index contributed by atoms with van der Waals surface area (Å²) < 4.78 is 6.16. The lowest BCUT2D eigenvalue weighted by Gasteiger charge is -2.04. The molecule has 1 amide bonds. The fourth-order valence-corrected chi connectivity index (χ4v) is 2.99. The van der Waals surface area contributed by atoms with Crippen molar-refractivity contribution in [2.45, 2.75) is 0 Å². The summed E-state index contributed by atoms with van der Waals surface area (Å²) in [5.41, 5.74) is 2.35. The van der Waals surface area contributed by atoms with Crippen molar-refractivity contribution < 1.29 is 4.79 Å². The lowest BCUT2D eigenvalue weighted by molar-refractivity contribution is 0.102. The van der Waals surface area contributed by atoms with Crippen molar-refractivity contribution in [1.29, 1.82) is 0 Å². The van der Waals surface area contributed by atoms with E-state index in [0.29, 0.717) is 16.4 Å². The van der Waals surface area contributed by atoms with Crippen molar-refractivity contribution in [3.05, 3.63) is 79.0 Å². The van der Waals surface area contributed by atoms with Gasteiger partial charge in [0.05, 0.1) is 11.3 Å². The van der Waals surface area contributed by atoms with E-state index in [1.165, 1.54) is 11.5 Å². The van der Waals surface area contributed by atoms with E-state index in [4.69, 9.17) is 0 Å². The van der Waals surface area contributed by atoms with Crippen LogP contribution in [0, 0.1) is 0 Å². The van der Waals surface area contributed by atoms with Gasteiger partial charge in [0.15, 0.2) is 0 Å². The van der Waals surface area contributed by atoms with Crippen LogP contribution in [0.25, 0.3) is 17.1 Å². The molecule has 0 aliphatic carbocycles. The average molecular weight is 347 g/mol. The molecule has 0 fully saturated rings. The van der Waals surface area contributed by atoms with Gasteiger partial charge in [0.25, 0.3) is 5.91 Å². The molecule has 25 heavy (non-hydrogen) atoms. The molecule has 122 valence electrons. The number of imidazole rings is 1. The molecule has 0 atom stereocenters. The van der Waals surface area contributed by atoms with Gasteiger partial charge in [0.2, 0.25) is 0 Å². The highest BCUT2D eigenvalue weighted by Gasteiger charge is 2.10. The van der Waals surface area contributed by atoms with Crippen LogP contribution in [-0.4, -0.2) is 24.8 Å². The number of carbonyl (C=O) groups excluding carboxylic acids is 1. The number of pyridine rings is 1.